The van der Waals surface area contributed by atoms with Gasteiger partial charge in [0.05, 0.1) is 5.69 Å². The van der Waals surface area contributed by atoms with Crippen LogP contribution in [0.2, 0.25) is 0 Å². The number of hydrogen-bond acceptors (Lipinski definition) is 3. The molecule has 0 atom stereocenters. The maximum atomic E-state index is 11.7. The second kappa shape index (κ2) is 4.49. The number of carbonyl (C=O) groups excluding carboxylic acids is 1. The zero-order valence-electron chi connectivity index (χ0n) is 10.5. The smallest absolute Gasteiger partial charge is 0.241 e. The van der Waals surface area contributed by atoms with Crippen molar-refractivity contribution in [1.29, 1.82) is 0 Å². The highest BCUT2D eigenvalue weighted by Gasteiger charge is 2.32. The summed E-state index contributed by atoms with van der Waals surface area (Å²) in [6.45, 7) is 4.72. The van der Waals surface area contributed by atoms with Gasteiger partial charge in [0.1, 0.15) is 6.54 Å². The SMILES string of the molecule is Cc1cc(C)n(CC(=O)NCC2(N)CCC2)n1. The Morgan fingerprint density at radius 3 is 2.76 bits per heavy atom. The molecule has 94 valence electrons. The Balaban J connectivity index is 1.83. The van der Waals surface area contributed by atoms with E-state index in [0.717, 1.165) is 24.2 Å². The predicted octanol–water partition coefficient (Wildman–Crippen LogP) is 0.498. The first-order valence-electron chi connectivity index (χ1n) is 6.05. The lowest BCUT2D eigenvalue weighted by molar-refractivity contribution is -0.122. The zero-order valence-corrected chi connectivity index (χ0v) is 10.5. The van der Waals surface area contributed by atoms with E-state index in [9.17, 15) is 4.79 Å². The van der Waals surface area contributed by atoms with Gasteiger partial charge in [-0.3, -0.25) is 9.48 Å². The number of rotatable bonds is 4. The molecule has 1 saturated carbocycles. The molecule has 0 aliphatic heterocycles. The van der Waals surface area contributed by atoms with E-state index in [0.29, 0.717) is 6.54 Å². The first-order valence-corrected chi connectivity index (χ1v) is 6.05. The number of nitrogens with zero attached hydrogens (tertiary/aromatic N) is 2. The summed E-state index contributed by atoms with van der Waals surface area (Å²) in [4.78, 5) is 11.7. The van der Waals surface area contributed by atoms with Crippen molar-refractivity contribution in [3.63, 3.8) is 0 Å². The molecule has 17 heavy (non-hydrogen) atoms. The minimum Gasteiger partial charge on any atom is -0.353 e. The van der Waals surface area contributed by atoms with Crippen molar-refractivity contribution in [2.45, 2.75) is 45.2 Å². The van der Waals surface area contributed by atoms with Crippen molar-refractivity contribution in [3.05, 3.63) is 17.5 Å². The Kier molecular flexibility index (Phi) is 3.19. The third-order valence-corrected chi connectivity index (χ3v) is 3.38. The summed E-state index contributed by atoms with van der Waals surface area (Å²) in [5.74, 6) is -0.0204. The molecule has 2 rings (SSSR count). The molecule has 0 bridgehead atoms. The quantitative estimate of drug-likeness (QED) is 0.799. The average molecular weight is 236 g/mol. The van der Waals surface area contributed by atoms with Crippen molar-refractivity contribution in [2.24, 2.45) is 5.73 Å². The summed E-state index contributed by atoms with van der Waals surface area (Å²) in [7, 11) is 0. The fourth-order valence-electron chi connectivity index (χ4n) is 2.11. The van der Waals surface area contributed by atoms with Crippen LogP contribution in [0.5, 0.6) is 0 Å². The Bertz CT molecular complexity index is 420. The Morgan fingerprint density at radius 1 is 1.59 bits per heavy atom. The van der Waals surface area contributed by atoms with E-state index in [1.165, 1.54) is 6.42 Å². The molecule has 0 spiro atoms. The third-order valence-electron chi connectivity index (χ3n) is 3.38. The normalized spacial score (nSPS) is 17.6. The van der Waals surface area contributed by atoms with Gasteiger partial charge in [-0.1, -0.05) is 0 Å². The zero-order chi connectivity index (χ0) is 12.5. The number of aryl methyl sites for hydroxylation is 2. The highest BCUT2D eigenvalue weighted by atomic mass is 16.2. The van der Waals surface area contributed by atoms with Gasteiger partial charge in [0.25, 0.3) is 0 Å². The lowest BCUT2D eigenvalue weighted by Crippen LogP contribution is -2.55. The number of aromatic nitrogens is 2. The Hall–Kier alpha value is -1.36. The second-order valence-corrected chi connectivity index (χ2v) is 5.08. The minimum atomic E-state index is -0.162. The number of amides is 1. The molecule has 1 aliphatic rings. The predicted molar refractivity (Wildman–Crippen MR) is 65.5 cm³/mol. The highest BCUT2D eigenvalue weighted by molar-refractivity contribution is 5.75. The molecule has 1 aromatic heterocycles. The van der Waals surface area contributed by atoms with Gasteiger partial charge in [0.15, 0.2) is 0 Å². The van der Waals surface area contributed by atoms with Crippen LogP contribution in [0.15, 0.2) is 6.07 Å². The molecule has 0 aromatic carbocycles. The summed E-state index contributed by atoms with van der Waals surface area (Å²) in [5.41, 5.74) is 7.82. The van der Waals surface area contributed by atoms with Crippen LogP contribution in [0.25, 0.3) is 0 Å². The maximum absolute atomic E-state index is 11.7. The second-order valence-electron chi connectivity index (χ2n) is 5.08. The van der Waals surface area contributed by atoms with Gasteiger partial charge >= 0.3 is 0 Å². The van der Waals surface area contributed by atoms with E-state index in [1.54, 1.807) is 4.68 Å². The average Bonchev–Trinajstić information content (AvgIpc) is 2.52. The van der Waals surface area contributed by atoms with E-state index in [-0.39, 0.29) is 18.0 Å². The van der Waals surface area contributed by atoms with Gasteiger partial charge in [-0.15, -0.1) is 0 Å². The largest absolute Gasteiger partial charge is 0.353 e. The van der Waals surface area contributed by atoms with Crippen LogP contribution in [-0.2, 0) is 11.3 Å². The summed E-state index contributed by atoms with van der Waals surface area (Å²) >= 11 is 0. The lowest BCUT2D eigenvalue weighted by atomic mass is 9.78. The topological polar surface area (TPSA) is 72.9 Å². The minimum absolute atomic E-state index is 0.0204. The Labute approximate surface area is 101 Å². The monoisotopic (exact) mass is 236 g/mol. The fourth-order valence-corrected chi connectivity index (χ4v) is 2.11. The van der Waals surface area contributed by atoms with Gasteiger partial charge in [0, 0.05) is 17.8 Å². The summed E-state index contributed by atoms with van der Waals surface area (Å²) < 4.78 is 1.72. The van der Waals surface area contributed by atoms with Gasteiger partial charge in [-0.05, 0) is 39.2 Å². The Morgan fingerprint density at radius 2 is 2.29 bits per heavy atom. The number of hydrogen-bond donors (Lipinski definition) is 2. The molecule has 0 saturated heterocycles. The van der Waals surface area contributed by atoms with E-state index in [1.807, 2.05) is 19.9 Å². The van der Waals surface area contributed by atoms with Crippen molar-refractivity contribution >= 4 is 5.91 Å². The summed E-state index contributed by atoms with van der Waals surface area (Å²) in [6.07, 6.45) is 3.18. The van der Waals surface area contributed by atoms with E-state index >= 15 is 0 Å². The molecular weight excluding hydrogens is 216 g/mol. The highest BCUT2D eigenvalue weighted by Crippen LogP contribution is 2.27. The first kappa shape index (κ1) is 12.1. The van der Waals surface area contributed by atoms with Crippen LogP contribution in [0, 0.1) is 13.8 Å². The standard InChI is InChI=1S/C12H20N4O/c1-9-6-10(2)16(15-9)7-11(17)14-8-12(13)4-3-5-12/h6H,3-5,7-8,13H2,1-2H3,(H,14,17). The summed E-state index contributed by atoms with van der Waals surface area (Å²) in [6, 6.07) is 1.96. The number of nitrogens with two attached hydrogens (primary N) is 1. The fraction of sp³-hybridized carbons (Fsp3) is 0.667. The lowest BCUT2D eigenvalue weighted by Gasteiger charge is -2.38. The van der Waals surface area contributed by atoms with Crippen molar-refractivity contribution in [2.75, 3.05) is 6.54 Å². The number of nitrogens with one attached hydrogen (secondary N) is 1. The van der Waals surface area contributed by atoms with E-state index in [4.69, 9.17) is 5.73 Å². The van der Waals surface area contributed by atoms with Gasteiger partial charge < -0.3 is 11.1 Å². The molecule has 0 radical (unpaired) electrons. The van der Waals surface area contributed by atoms with Crippen molar-refractivity contribution in [3.8, 4) is 0 Å². The molecule has 1 aliphatic carbocycles. The first-order chi connectivity index (χ1) is 7.98. The van der Waals surface area contributed by atoms with E-state index < -0.39 is 0 Å². The van der Waals surface area contributed by atoms with Crippen LogP contribution in [-0.4, -0.2) is 27.8 Å². The molecule has 5 heteroatoms. The summed E-state index contributed by atoms with van der Waals surface area (Å²) in [5, 5.41) is 7.14. The van der Waals surface area contributed by atoms with Crippen LogP contribution in [0.1, 0.15) is 30.7 Å². The van der Waals surface area contributed by atoms with Gasteiger partial charge in [-0.25, -0.2) is 0 Å². The van der Waals surface area contributed by atoms with Gasteiger partial charge in [0.2, 0.25) is 5.91 Å². The number of carbonyl (C=O) groups is 1. The van der Waals surface area contributed by atoms with Crippen molar-refractivity contribution < 1.29 is 4.79 Å². The van der Waals surface area contributed by atoms with Crippen LogP contribution >= 0.6 is 0 Å². The molecular formula is C12H20N4O. The molecule has 0 unspecified atom stereocenters. The molecule has 1 fully saturated rings. The molecule has 5 nitrogen and oxygen atoms in total. The van der Waals surface area contributed by atoms with Crippen LogP contribution < -0.4 is 11.1 Å². The molecule has 1 heterocycles. The van der Waals surface area contributed by atoms with Crippen LogP contribution in [0.4, 0.5) is 0 Å². The molecule has 1 amide bonds. The maximum Gasteiger partial charge on any atom is 0.241 e. The van der Waals surface area contributed by atoms with Gasteiger partial charge in [-0.2, -0.15) is 5.10 Å². The third kappa shape index (κ3) is 2.85. The van der Waals surface area contributed by atoms with E-state index in [2.05, 4.69) is 10.4 Å². The molecule has 3 N–H and O–H groups in total. The van der Waals surface area contributed by atoms with Crippen LogP contribution in [0.3, 0.4) is 0 Å². The van der Waals surface area contributed by atoms with Crippen molar-refractivity contribution in [1.82, 2.24) is 15.1 Å². The molecule has 1 aromatic rings.